The van der Waals surface area contributed by atoms with Crippen molar-refractivity contribution in [1.29, 1.82) is 0 Å². The number of nitrogens with one attached hydrogen (secondary N) is 2. The molecule has 0 saturated heterocycles. The predicted molar refractivity (Wildman–Crippen MR) is 86.5 cm³/mol. The first kappa shape index (κ1) is 16.5. The second-order valence-electron chi connectivity index (χ2n) is 5.48. The fraction of sp³-hybridized carbons (Fsp3) is 0.312. The van der Waals surface area contributed by atoms with Gasteiger partial charge in [0.05, 0.1) is 0 Å². The summed E-state index contributed by atoms with van der Waals surface area (Å²) in [5.74, 6) is 0.486. The van der Waals surface area contributed by atoms with Crippen molar-refractivity contribution in [2.75, 3.05) is 12.0 Å². The molecule has 1 heterocycles. The average molecular weight is 317 g/mol. The lowest BCUT2D eigenvalue weighted by molar-refractivity contribution is -0.119. The SMILES string of the molecule is Cc1cc(OCC(=O)Nn2ccc(=O)[nH]c2=O)ccc1C(C)C. The molecule has 7 nitrogen and oxygen atoms in total. The summed E-state index contributed by atoms with van der Waals surface area (Å²) >= 11 is 0. The zero-order valence-corrected chi connectivity index (χ0v) is 13.3. The third-order valence-corrected chi connectivity index (χ3v) is 3.30. The van der Waals surface area contributed by atoms with Crippen LogP contribution < -0.4 is 21.4 Å². The van der Waals surface area contributed by atoms with E-state index in [-0.39, 0.29) is 6.61 Å². The fourth-order valence-electron chi connectivity index (χ4n) is 2.21. The van der Waals surface area contributed by atoms with Gasteiger partial charge in [0, 0.05) is 12.3 Å². The van der Waals surface area contributed by atoms with Crippen LogP contribution in [0, 0.1) is 6.92 Å². The third kappa shape index (κ3) is 4.32. The maximum Gasteiger partial charge on any atom is 0.347 e. The van der Waals surface area contributed by atoms with Gasteiger partial charge < -0.3 is 4.74 Å². The van der Waals surface area contributed by atoms with Crippen LogP contribution in [0.1, 0.15) is 30.9 Å². The van der Waals surface area contributed by atoms with Gasteiger partial charge in [0.2, 0.25) is 0 Å². The van der Waals surface area contributed by atoms with Crippen LogP contribution in [0.15, 0.2) is 40.1 Å². The summed E-state index contributed by atoms with van der Waals surface area (Å²) in [7, 11) is 0. The van der Waals surface area contributed by atoms with E-state index in [4.69, 9.17) is 4.74 Å². The number of hydrogen-bond acceptors (Lipinski definition) is 4. The van der Waals surface area contributed by atoms with Crippen molar-refractivity contribution in [3.8, 4) is 5.75 Å². The van der Waals surface area contributed by atoms with Crippen LogP contribution in [0.5, 0.6) is 5.75 Å². The fourth-order valence-corrected chi connectivity index (χ4v) is 2.21. The van der Waals surface area contributed by atoms with Gasteiger partial charge in [-0.3, -0.25) is 20.0 Å². The molecule has 1 aromatic heterocycles. The predicted octanol–water partition coefficient (Wildman–Crippen LogP) is 1.12. The lowest BCUT2D eigenvalue weighted by Gasteiger charge is -2.12. The Morgan fingerprint density at radius 3 is 2.65 bits per heavy atom. The summed E-state index contributed by atoms with van der Waals surface area (Å²) < 4.78 is 6.31. The molecule has 0 radical (unpaired) electrons. The van der Waals surface area contributed by atoms with E-state index in [1.807, 2.05) is 30.1 Å². The van der Waals surface area contributed by atoms with Crippen molar-refractivity contribution in [3.05, 3.63) is 62.4 Å². The number of ether oxygens (including phenoxy) is 1. The second kappa shape index (κ2) is 6.95. The second-order valence-corrected chi connectivity index (χ2v) is 5.48. The first-order chi connectivity index (χ1) is 10.9. The van der Waals surface area contributed by atoms with Gasteiger partial charge in [0.25, 0.3) is 11.5 Å². The number of carbonyl (C=O) groups is 1. The van der Waals surface area contributed by atoms with Crippen molar-refractivity contribution < 1.29 is 9.53 Å². The quantitative estimate of drug-likeness (QED) is 0.864. The number of H-pyrrole nitrogens is 1. The molecular formula is C16H19N3O4. The van der Waals surface area contributed by atoms with E-state index in [1.54, 1.807) is 0 Å². The van der Waals surface area contributed by atoms with E-state index in [2.05, 4.69) is 19.3 Å². The molecular weight excluding hydrogens is 298 g/mol. The summed E-state index contributed by atoms with van der Waals surface area (Å²) in [5.41, 5.74) is 3.39. The molecule has 0 aliphatic heterocycles. The molecule has 2 aromatic rings. The van der Waals surface area contributed by atoms with Crippen LogP contribution in [-0.4, -0.2) is 22.2 Å². The van der Waals surface area contributed by atoms with Crippen molar-refractivity contribution in [2.24, 2.45) is 0 Å². The van der Waals surface area contributed by atoms with Gasteiger partial charge in [-0.1, -0.05) is 19.9 Å². The molecule has 1 amide bonds. The molecule has 2 rings (SSSR count). The minimum atomic E-state index is -0.719. The lowest BCUT2D eigenvalue weighted by Crippen LogP contribution is -2.38. The van der Waals surface area contributed by atoms with Gasteiger partial charge in [-0.25, -0.2) is 9.47 Å². The van der Waals surface area contributed by atoms with E-state index in [0.29, 0.717) is 11.7 Å². The Morgan fingerprint density at radius 1 is 1.30 bits per heavy atom. The molecule has 0 bridgehead atoms. The van der Waals surface area contributed by atoms with Crippen LogP contribution in [0.4, 0.5) is 0 Å². The molecule has 0 spiro atoms. The van der Waals surface area contributed by atoms with E-state index in [1.165, 1.54) is 11.8 Å². The minimum Gasteiger partial charge on any atom is -0.484 e. The first-order valence-electron chi connectivity index (χ1n) is 7.22. The molecule has 0 unspecified atom stereocenters. The van der Waals surface area contributed by atoms with Gasteiger partial charge >= 0.3 is 5.69 Å². The number of nitrogens with zero attached hydrogens (tertiary/aromatic N) is 1. The molecule has 0 aliphatic carbocycles. The lowest BCUT2D eigenvalue weighted by atomic mass is 9.98. The highest BCUT2D eigenvalue weighted by Gasteiger charge is 2.07. The normalized spacial score (nSPS) is 10.6. The maximum atomic E-state index is 11.8. The number of amides is 1. The molecule has 0 atom stereocenters. The summed E-state index contributed by atoms with van der Waals surface area (Å²) in [4.78, 5) is 36.2. The van der Waals surface area contributed by atoms with E-state index in [0.717, 1.165) is 16.3 Å². The van der Waals surface area contributed by atoms with E-state index in [9.17, 15) is 14.4 Å². The van der Waals surface area contributed by atoms with Crippen molar-refractivity contribution in [3.63, 3.8) is 0 Å². The smallest absolute Gasteiger partial charge is 0.347 e. The molecule has 0 saturated carbocycles. The standard InChI is InChI=1S/C16H19N3O4/c1-10(2)13-5-4-12(8-11(13)3)23-9-15(21)18-19-7-6-14(20)17-16(19)22/h4-8,10H,9H2,1-3H3,(H,18,21)(H,17,20,22). The minimum absolute atomic E-state index is 0.244. The summed E-state index contributed by atoms with van der Waals surface area (Å²) in [6.07, 6.45) is 1.18. The highest BCUT2D eigenvalue weighted by atomic mass is 16.5. The maximum absolute atomic E-state index is 11.8. The molecule has 122 valence electrons. The van der Waals surface area contributed by atoms with Crippen LogP contribution >= 0.6 is 0 Å². The summed E-state index contributed by atoms with van der Waals surface area (Å²) in [6, 6.07) is 6.78. The number of rotatable bonds is 5. The highest BCUT2D eigenvalue weighted by Crippen LogP contribution is 2.23. The van der Waals surface area contributed by atoms with Gasteiger partial charge in [-0.05, 0) is 36.1 Å². The number of benzene rings is 1. The number of aryl methyl sites for hydroxylation is 1. The van der Waals surface area contributed by atoms with Crippen LogP contribution in [0.2, 0.25) is 0 Å². The van der Waals surface area contributed by atoms with Crippen LogP contribution in [-0.2, 0) is 4.79 Å². The Morgan fingerprint density at radius 2 is 2.04 bits per heavy atom. The van der Waals surface area contributed by atoms with Crippen molar-refractivity contribution >= 4 is 5.91 Å². The van der Waals surface area contributed by atoms with Gasteiger partial charge in [0.1, 0.15) is 5.75 Å². The largest absolute Gasteiger partial charge is 0.484 e. The zero-order chi connectivity index (χ0) is 17.0. The Kier molecular flexibility index (Phi) is 5.00. The number of carbonyl (C=O) groups excluding carboxylic acids is 1. The van der Waals surface area contributed by atoms with E-state index >= 15 is 0 Å². The molecule has 1 aromatic carbocycles. The molecule has 0 aliphatic rings. The zero-order valence-electron chi connectivity index (χ0n) is 13.3. The molecule has 2 N–H and O–H groups in total. The molecule has 7 heteroatoms. The van der Waals surface area contributed by atoms with Gasteiger partial charge in [0.15, 0.2) is 6.61 Å². The summed E-state index contributed by atoms with van der Waals surface area (Å²) in [5, 5.41) is 0. The highest BCUT2D eigenvalue weighted by molar-refractivity contribution is 5.85. The average Bonchev–Trinajstić information content (AvgIpc) is 2.48. The van der Waals surface area contributed by atoms with Gasteiger partial charge in [-0.2, -0.15) is 0 Å². The number of hydrogen-bond donors (Lipinski definition) is 2. The number of aromatic amines is 1. The van der Waals surface area contributed by atoms with Crippen LogP contribution in [0.25, 0.3) is 0 Å². The van der Waals surface area contributed by atoms with E-state index < -0.39 is 17.2 Å². The Balaban J connectivity index is 1.98. The summed E-state index contributed by atoms with van der Waals surface area (Å²) in [6.45, 7) is 5.96. The first-order valence-corrected chi connectivity index (χ1v) is 7.22. The topological polar surface area (TPSA) is 93.2 Å². The third-order valence-electron chi connectivity index (χ3n) is 3.30. The monoisotopic (exact) mass is 317 g/mol. The van der Waals surface area contributed by atoms with Gasteiger partial charge in [-0.15, -0.1) is 0 Å². The Labute approximate surface area is 132 Å². The van der Waals surface area contributed by atoms with Crippen LogP contribution in [0.3, 0.4) is 0 Å². The van der Waals surface area contributed by atoms with Crippen molar-refractivity contribution in [2.45, 2.75) is 26.7 Å². The number of aromatic nitrogens is 2. The molecule has 0 fully saturated rings. The Bertz CT molecular complexity index is 821. The van der Waals surface area contributed by atoms with Crippen molar-refractivity contribution in [1.82, 2.24) is 9.66 Å². The Hall–Kier alpha value is -2.83. The molecule has 23 heavy (non-hydrogen) atoms.